The first-order valence-electron chi connectivity index (χ1n) is 7.44. The van der Waals surface area contributed by atoms with E-state index in [2.05, 4.69) is 17.6 Å². The van der Waals surface area contributed by atoms with E-state index in [4.69, 9.17) is 10.8 Å². The predicted octanol–water partition coefficient (Wildman–Crippen LogP) is 0.831. The summed E-state index contributed by atoms with van der Waals surface area (Å²) < 4.78 is 0. The van der Waals surface area contributed by atoms with Gasteiger partial charge >= 0.3 is 12.0 Å². The second kappa shape index (κ2) is 8.49. The molecule has 21 heavy (non-hydrogen) atoms. The number of rotatable bonds is 7. The summed E-state index contributed by atoms with van der Waals surface area (Å²) in [6.07, 6.45) is 4.45. The van der Waals surface area contributed by atoms with Crippen LogP contribution in [0.15, 0.2) is 0 Å². The van der Waals surface area contributed by atoms with Crippen LogP contribution >= 0.6 is 0 Å². The molecule has 0 aliphatic heterocycles. The topological polar surface area (TPSA) is 122 Å². The molecular formula is C14H25N3O4. The van der Waals surface area contributed by atoms with Gasteiger partial charge in [0, 0.05) is 13.0 Å². The van der Waals surface area contributed by atoms with Crippen LogP contribution in [0.25, 0.3) is 0 Å². The Morgan fingerprint density at radius 2 is 1.86 bits per heavy atom. The molecule has 7 heteroatoms. The number of carbonyl (C=O) groups excluding carboxylic acids is 2. The van der Waals surface area contributed by atoms with Crippen LogP contribution in [0.1, 0.15) is 45.4 Å². The van der Waals surface area contributed by atoms with E-state index in [0.29, 0.717) is 12.5 Å². The zero-order chi connectivity index (χ0) is 15.8. The molecule has 7 nitrogen and oxygen atoms in total. The Balaban J connectivity index is 2.29. The average molecular weight is 299 g/mol. The third-order valence-electron chi connectivity index (χ3n) is 3.97. The summed E-state index contributed by atoms with van der Waals surface area (Å²) in [4.78, 5) is 33.4. The molecule has 0 spiro atoms. The highest BCUT2D eigenvalue weighted by molar-refractivity contribution is 5.83. The summed E-state index contributed by atoms with van der Waals surface area (Å²) in [5.74, 6) is -0.543. The van der Waals surface area contributed by atoms with Crippen molar-refractivity contribution in [2.45, 2.75) is 51.5 Å². The first kappa shape index (κ1) is 17.3. The maximum Gasteiger partial charge on any atom is 0.326 e. The van der Waals surface area contributed by atoms with Gasteiger partial charge < -0.3 is 21.5 Å². The van der Waals surface area contributed by atoms with Crippen LogP contribution in [0.4, 0.5) is 4.79 Å². The second-order valence-corrected chi connectivity index (χ2v) is 5.88. The predicted molar refractivity (Wildman–Crippen MR) is 77.5 cm³/mol. The molecular weight excluding hydrogens is 274 g/mol. The molecule has 1 atom stereocenters. The molecule has 0 unspecified atom stereocenters. The van der Waals surface area contributed by atoms with E-state index in [1.54, 1.807) is 0 Å². The molecule has 1 aliphatic rings. The molecule has 0 aromatic carbocycles. The Hall–Kier alpha value is -1.79. The molecule has 1 rings (SSSR count). The third-order valence-corrected chi connectivity index (χ3v) is 3.97. The largest absolute Gasteiger partial charge is 0.480 e. The zero-order valence-corrected chi connectivity index (χ0v) is 12.4. The smallest absolute Gasteiger partial charge is 0.326 e. The number of hydrogen-bond acceptors (Lipinski definition) is 3. The van der Waals surface area contributed by atoms with Crippen LogP contribution < -0.4 is 16.4 Å². The van der Waals surface area contributed by atoms with Crippen molar-refractivity contribution in [2.24, 2.45) is 17.6 Å². The van der Waals surface area contributed by atoms with Gasteiger partial charge in [-0.15, -0.1) is 0 Å². The fourth-order valence-corrected chi connectivity index (χ4v) is 2.52. The van der Waals surface area contributed by atoms with Gasteiger partial charge in [-0.25, -0.2) is 9.59 Å². The highest BCUT2D eigenvalue weighted by Crippen LogP contribution is 2.27. The Kier molecular flexibility index (Phi) is 6.98. The Labute approximate surface area is 124 Å². The lowest BCUT2D eigenvalue weighted by Gasteiger charge is -2.26. The monoisotopic (exact) mass is 299 g/mol. The van der Waals surface area contributed by atoms with E-state index in [0.717, 1.165) is 18.8 Å². The Morgan fingerprint density at radius 1 is 1.24 bits per heavy atom. The van der Waals surface area contributed by atoms with Crippen molar-refractivity contribution in [1.82, 2.24) is 10.6 Å². The summed E-state index contributed by atoms with van der Waals surface area (Å²) in [6.45, 7) is 2.78. The number of urea groups is 1. The first-order valence-corrected chi connectivity index (χ1v) is 7.44. The van der Waals surface area contributed by atoms with Gasteiger partial charge in [0.25, 0.3) is 0 Å². The van der Waals surface area contributed by atoms with Crippen LogP contribution in [0, 0.1) is 11.8 Å². The minimum absolute atomic E-state index is 0.000962. The summed E-state index contributed by atoms with van der Waals surface area (Å²) >= 11 is 0. The summed E-state index contributed by atoms with van der Waals surface area (Å²) in [6, 6.07) is -1.60. The van der Waals surface area contributed by atoms with Crippen LogP contribution in [0.2, 0.25) is 0 Å². The number of nitrogens with two attached hydrogens (primary N) is 1. The van der Waals surface area contributed by atoms with Gasteiger partial charge in [0.15, 0.2) is 0 Å². The number of carbonyl (C=O) groups is 3. The van der Waals surface area contributed by atoms with Crippen molar-refractivity contribution in [3.8, 4) is 0 Å². The first-order chi connectivity index (χ1) is 9.88. The maximum atomic E-state index is 11.7. The minimum atomic E-state index is -1.17. The van der Waals surface area contributed by atoms with Gasteiger partial charge in [0.1, 0.15) is 6.04 Å². The van der Waals surface area contributed by atoms with Gasteiger partial charge in [-0.1, -0.05) is 19.8 Å². The van der Waals surface area contributed by atoms with Crippen LogP contribution in [0.5, 0.6) is 0 Å². The molecule has 1 aliphatic carbocycles. The van der Waals surface area contributed by atoms with Crippen LogP contribution in [-0.2, 0) is 9.59 Å². The van der Waals surface area contributed by atoms with Gasteiger partial charge in [-0.2, -0.15) is 0 Å². The standard InChI is InChI=1S/C14H25N3O4/c1-9-2-4-10(5-3-9)8-16-14(21)17-11(13(19)20)6-7-12(15)18/h9-11H,2-8H2,1H3,(H2,15,18)(H,19,20)(H2,16,17,21)/t9?,10?,11-/m1/s1. The molecule has 0 saturated heterocycles. The normalized spacial score (nSPS) is 23.1. The molecule has 0 aromatic heterocycles. The van der Waals surface area contributed by atoms with Crippen LogP contribution in [-0.4, -0.2) is 35.6 Å². The number of primary amides is 1. The second-order valence-electron chi connectivity index (χ2n) is 5.88. The van der Waals surface area contributed by atoms with Gasteiger partial charge in [-0.3, -0.25) is 4.79 Å². The van der Waals surface area contributed by atoms with Gasteiger partial charge in [0.2, 0.25) is 5.91 Å². The van der Waals surface area contributed by atoms with Gasteiger partial charge in [-0.05, 0) is 31.1 Å². The number of carboxylic acids is 1. The van der Waals surface area contributed by atoms with Gasteiger partial charge in [0.05, 0.1) is 0 Å². The fourth-order valence-electron chi connectivity index (χ4n) is 2.52. The molecule has 120 valence electrons. The quantitative estimate of drug-likeness (QED) is 0.556. The fraction of sp³-hybridized carbons (Fsp3) is 0.786. The number of hydrogen-bond donors (Lipinski definition) is 4. The third kappa shape index (κ3) is 6.97. The van der Waals surface area contributed by atoms with E-state index in [-0.39, 0.29) is 12.8 Å². The van der Waals surface area contributed by atoms with Crippen molar-refractivity contribution < 1.29 is 19.5 Å². The lowest BCUT2D eigenvalue weighted by Crippen LogP contribution is -2.47. The van der Waals surface area contributed by atoms with E-state index in [9.17, 15) is 14.4 Å². The van der Waals surface area contributed by atoms with E-state index in [1.165, 1.54) is 12.8 Å². The average Bonchev–Trinajstić information content (AvgIpc) is 2.42. The van der Waals surface area contributed by atoms with Crippen molar-refractivity contribution in [3.63, 3.8) is 0 Å². The SMILES string of the molecule is CC1CCC(CNC(=O)N[C@H](CCC(N)=O)C(=O)O)CC1. The Bertz CT molecular complexity index is 378. The summed E-state index contributed by atoms with van der Waals surface area (Å²) in [5.41, 5.74) is 4.98. The molecule has 0 heterocycles. The molecule has 1 fully saturated rings. The Morgan fingerprint density at radius 3 is 2.38 bits per heavy atom. The van der Waals surface area contributed by atoms with E-state index >= 15 is 0 Å². The molecule has 0 bridgehead atoms. The molecule has 3 amide bonds. The zero-order valence-electron chi connectivity index (χ0n) is 12.4. The van der Waals surface area contributed by atoms with E-state index < -0.39 is 23.9 Å². The van der Waals surface area contributed by atoms with Crippen molar-refractivity contribution in [3.05, 3.63) is 0 Å². The number of amides is 3. The van der Waals surface area contributed by atoms with Crippen LogP contribution in [0.3, 0.4) is 0 Å². The number of nitrogens with one attached hydrogen (secondary N) is 2. The lowest BCUT2D eigenvalue weighted by molar-refractivity contribution is -0.139. The van der Waals surface area contributed by atoms with Crippen molar-refractivity contribution >= 4 is 17.9 Å². The molecule has 5 N–H and O–H groups in total. The highest BCUT2D eigenvalue weighted by Gasteiger charge is 2.22. The summed E-state index contributed by atoms with van der Waals surface area (Å²) in [7, 11) is 0. The number of carboxylic acid groups (broad SMARTS) is 1. The van der Waals surface area contributed by atoms with Crippen molar-refractivity contribution in [2.75, 3.05) is 6.54 Å². The minimum Gasteiger partial charge on any atom is -0.480 e. The highest BCUT2D eigenvalue weighted by atomic mass is 16.4. The lowest BCUT2D eigenvalue weighted by atomic mass is 9.83. The molecule has 1 saturated carbocycles. The van der Waals surface area contributed by atoms with Crippen molar-refractivity contribution in [1.29, 1.82) is 0 Å². The molecule has 0 radical (unpaired) electrons. The van der Waals surface area contributed by atoms with E-state index in [1.807, 2.05) is 0 Å². The summed E-state index contributed by atoms with van der Waals surface area (Å²) in [5, 5.41) is 14.1. The maximum absolute atomic E-state index is 11.7. The number of aliphatic carboxylic acids is 1. The molecule has 0 aromatic rings.